The average molecular weight is 288 g/mol. The van der Waals surface area contributed by atoms with Gasteiger partial charge in [0.1, 0.15) is 0 Å². The van der Waals surface area contributed by atoms with Crippen LogP contribution in [0.15, 0.2) is 36.4 Å². The van der Waals surface area contributed by atoms with Crippen LogP contribution in [0.25, 0.3) is 11.1 Å². The molecule has 0 aliphatic carbocycles. The third-order valence-corrected chi connectivity index (χ3v) is 3.59. The zero-order chi connectivity index (χ0) is 14.8. The average Bonchev–Trinajstić information content (AvgIpc) is 2.37. The zero-order valence-corrected chi connectivity index (χ0v) is 11.7. The molecule has 0 fully saturated rings. The van der Waals surface area contributed by atoms with Crippen LogP contribution >= 0.6 is 7.60 Å². The minimum Gasteiger partial charge on any atom is -0.324 e. The fourth-order valence-electron chi connectivity index (χ4n) is 2.01. The summed E-state index contributed by atoms with van der Waals surface area (Å²) in [4.78, 5) is 22.1. The second-order valence-electron chi connectivity index (χ2n) is 4.42. The highest BCUT2D eigenvalue weighted by atomic mass is 31.2. The number of aromatic nitrogens is 1. The van der Waals surface area contributed by atoms with E-state index in [2.05, 4.69) is 11.1 Å². The van der Waals surface area contributed by atoms with Gasteiger partial charge in [0.05, 0.1) is 23.5 Å². The molecular formula is C14H13N2O3P. The first kappa shape index (κ1) is 14.4. The summed E-state index contributed by atoms with van der Waals surface area (Å²) >= 11 is 0. The number of nitrogens with zero attached hydrogens (tertiary/aromatic N) is 2. The highest BCUT2D eigenvalue weighted by Gasteiger charge is 2.16. The Kier molecular flexibility index (Phi) is 4.01. The van der Waals surface area contributed by atoms with Crippen molar-refractivity contribution in [1.82, 2.24) is 4.98 Å². The van der Waals surface area contributed by atoms with Crippen LogP contribution in [0.4, 0.5) is 0 Å². The summed E-state index contributed by atoms with van der Waals surface area (Å²) in [6.45, 7) is 1.76. The molecule has 0 radical (unpaired) electrons. The molecule has 0 atom stereocenters. The van der Waals surface area contributed by atoms with Crippen LogP contribution in [0.2, 0.25) is 0 Å². The van der Waals surface area contributed by atoms with Crippen LogP contribution in [0.3, 0.4) is 0 Å². The molecule has 0 unspecified atom stereocenters. The Morgan fingerprint density at radius 1 is 1.20 bits per heavy atom. The smallest absolute Gasteiger partial charge is 0.324 e. The number of hydrogen-bond acceptors (Lipinski definition) is 3. The zero-order valence-electron chi connectivity index (χ0n) is 10.8. The highest BCUT2D eigenvalue weighted by molar-refractivity contribution is 7.50. The lowest BCUT2D eigenvalue weighted by molar-refractivity contribution is 0.371. The van der Waals surface area contributed by atoms with E-state index in [0.29, 0.717) is 17.0 Å². The fourth-order valence-corrected chi connectivity index (χ4v) is 2.61. The standard InChI is InChI=1S/C14H13N2O3P/c1-10-13(14-5-3-2-4-11(14)8-15)7-6-12(16-10)9-20(17,18)19/h2-7H,9H2,1H3,(H2,17,18,19). The van der Waals surface area contributed by atoms with Gasteiger partial charge in [0.15, 0.2) is 0 Å². The van der Waals surface area contributed by atoms with Crippen molar-refractivity contribution in [2.24, 2.45) is 0 Å². The van der Waals surface area contributed by atoms with Gasteiger partial charge in [-0.3, -0.25) is 9.55 Å². The quantitative estimate of drug-likeness (QED) is 0.846. The van der Waals surface area contributed by atoms with Gasteiger partial charge in [0.25, 0.3) is 0 Å². The lowest BCUT2D eigenvalue weighted by atomic mass is 9.99. The minimum atomic E-state index is -4.12. The monoisotopic (exact) mass is 288 g/mol. The lowest BCUT2D eigenvalue weighted by Crippen LogP contribution is -1.96. The maximum absolute atomic E-state index is 11.0. The van der Waals surface area contributed by atoms with Crippen LogP contribution in [0, 0.1) is 18.3 Å². The molecule has 1 heterocycles. The lowest BCUT2D eigenvalue weighted by Gasteiger charge is -2.10. The first-order chi connectivity index (χ1) is 9.40. The minimum absolute atomic E-state index is 0.342. The third-order valence-electron chi connectivity index (χ3n) is 2.85. The summed E-state index contributed by atoms with van der Waals surface area (Å²) in [6, 6.07) is 12.6. The number of pyridine rings is 1. The number of nitriles is 1. The summed E-state index contributed by atoms with van der Waals surface area (Å²) in [6.07, 6.45) is -0.381. The Hall–Kier alpha value is -1.99. The first-order valence-electron chi connectivity index (χ1n) is 5.91. The molecule has 0 saturated carbocycles. The van der Waals surface area contributed by atoms with Crippen molar-refractivity contribution in [1.29, 1.82) is 5.26 Å². The SMILES string of the molecule is Cc1nc(CP(=O)(O)O)ccc1-c1ccccc1C#N. The Bertz CT molecular complexity index is 731. The van der Waals surface area contributed by atoms with E-state index >= 15 is 0 Å². The van der Waals surface area contributed by atoms with Crippen molar-refractivity contribution in [3.63, 3.8) is 0 Å². The van der Waals surface area contributed by atoms with E-state index in [9.17, 15) is 4.57 Å². The van der Waals surface area contributed by atoms with Gasteiger partial charge in [-0.2, -0.15) is 5.26 Å². The number of hydrogen-bond donors (Lipinski definition) is 2. The van der Waals surface area contributed by atoms with Crippen LogP contribution in [-0.4, -0.2) is 14.8 Å². The molecule has 0 spiro atoms. The van der Waals surface area contributed by atoms with E-state index in [-0.39, 0.29) is 6.16 Å². The van der Waals surface area contributed by atoms with Gasteiger partial charge < -0.3 is 9.79 Å². The molecule has 20 heavy (non-hydrogen) atoms. The second kappa shape index (κ2) is 5.56. The van der Waals surface area contributed by atoms with Crippen LogP contribution in [-0.2, 0) is 10.7 Å². The summed E-state index contributed by atoms with van der Waals surface area (Å²) in [7, 11) is -4.12. The normalized spacial score (nSPS) is 11.1. The summed E-state index contributed by atoms with van der Waals surface area (Å²) in [5.74, 6) is 0. The molecular weight excluding hydrogens is 275 g/mol. The van der Waals surface area contributed by atoms with Gasteiger partial charge in [-0.15, -0.1) is 0 Å². The second-order valence-corrected chi connectivity index (χ2v) is 6.06. The molecule has 0 saturated heterocycles. The summed E-state index contributed by atoms with van der Waals surface area (Å²) in [5, 5.41) is 9.10. The highest BCUT2D eigenvalue weighted by Crippen LogP contribution is 2.39. The van der Waals surface area contributed by atoms with Crippen molar-refractivity contribution in [2.45, 2.75) is 13.1 Å². The molecule has 6 heteroatoms. The number of aryl methyl sites for hydroxylation is 1. The van der Waals surface area contributed by atoms with Gasteiger partial charge in [0, 0.05) is 16.8 Å². The van der Waals surface area contributed by atoms with Gasteiger partial charge in [-0.25, -0.2) is 0 Å². The molecule has 0 amide bonds. The predicted octanol–water partition coefficient (Wildman–Crippen LogP) is 2.61. The number of benzene rings is 1. The Morgan fingerprint density at radius 2 is 1.90 bits per heavy atom. The van der Waals surface area contributed by atoms with E-state index in [4.69, 9.17) is 15.0 Å². The Balaban J connectivity index is 2.45. The summed E-state index contributed by atoms with van der Waals surface area (Å²) < 4.78 is 11.0. The number of rotatable bonds is 3. The maximum atomic E-state index is 11.0. The molecule has 0 aliphatic rings. The molecule has 0 aliphatic heterocycles. The summed E-state index contributed by atoms with van der Waals surface area (Å²) in [5.41, 5.74) is 3.08. The molecule has 5 nitrogen and oxygen atoms in total. The largest absolute Gasteiger partial charge is 0.331 e. The van der Waals surface area contributed by atoms with Crippen molar-refractivity contribution in [3.05, 3.63) is 53.3 Å². The van der Waals surface area contributed by atoms with Crippen LogP contribution in [0.1, 0.15) is 17.0 Å². The van der Waals surface area contributed by atoms with Crippen molar-refractivity contribution in [3.8, 4) is 17.2 Å². The van der Waals surface area contributed by atoms with Gasteiger partial charge in [-0.1, -0.05) is 24.3 Å². The molecule has 2 rings (SSSR count). The van der Waals surface area contributed by atoms with E-state index in [1.807, 2.05) is 12.1 Å². The van der Waals surface area contributed by atoms with Gasteiger partial charge in [0.2, 0.25) is 0 Å². The Labute approximate surface area is 116 Å². The predicted molar refractivity (Wildman–Crippen MR) is 74.9 cm³/mol. The molecule has 102 valence electrons. The fraction of sp³-hybridized carbons (Fsp3) is 0.143. The van der Waals surface area contributed by atoms with Crippen molar-refractivity contribution >= 4 is 7.60 Å². The third kappa shape index (κ3) is 3.31. The molecule has 2 N–H and O–H groups in total. The first-order valence-corrected chi connectivity index (χ1v) is 7.71. The molecule has 2 aromatic rings. The topological polar surface area (TPSA) is 94.2 Å². The van der Waals surface area contributed by atoms with Crippen molar-refractivity contribution < 1.29 is 14.4 Å². The van der Waals surface area contributed by atoms with E-state index in [1.54, 1.807) is 31.2 Å². The maximum Gasteiger partial charge on any atom is 0.331 e. The van der Waals surface area contributed by atoms with Crippen LogP contribution < -0.4 is 0 Å². The molecule has 1 aromatic heterocycles. The molecule has 0 bridgehead atoms. The van der Waals surface area contributed by atoms with Crippen LogP contribution in [0.5, 0.6) is 0 Å². The van der Waals surface area contributed by atoms with Gasteiger partial charge in [-0.05, 0) is 19.1 Å². The van der Waals surface area contributed by atoms with Crippen molar-refractivity contribution in [2.75, 3.05) is 0 Å². The van der Waals surface area contributed by atoms with Gasteiger partial charge >= 0.3 is 7.60 Å². The Morgan fingerprint density at radius 3 is 2.50 bits per heavy atom. The van der Waals surface area contributed by atoms with E-state index in [1.165, 1.54) is 0 Å². The van der Waals surface area contributed by atoms with E-state index < -0.39 is 7.60 Å². The van der Waals surface area contributed by atoms with E-state index in [0.717, 1.165) is 11.1 Å². The molecule has 1 aromatic carbocycles.